The van der Waals surface area contributed by atoms with E-state index in [0.717, 1.165) is 22.2 Å². The Kier molecular flexibility index (Phi) is 2.10. The quantitative estimate of drug-likeness (QED) is 0.775. The average molecular weight is 214 g/mol. The van der Waals surface area contributed by atoms with Crippen molar-refractivity contribution in [1.82, 2.24) is 9.97 Å². The van der Waals surface area contributed by atoms with Crippen molar-refractivity contribution in [2.75, 3.05) is 0 Å². The van der Waals surface area contributed by atoms with Crippen LogP contribution in [0.3, 0.4) is 0 Å². The lowest BCUT2D eigenvalue weighted by Gasteiger charge is -2.12. The second kappa shape index (κ2) is 3.59. The van der Waals surface area contributed by atoms with E-state index >= 15 is 0 Å². The third-order valence-electron chi connectivity index (χ3n) is 2.82. The molecule has 0 saturated carbocycles. The number of aromatic amines is 1. The van der Waals surface area contributed by atoms with Crippen LogP contribution in [0.5, 0.6) is 0 Å². The fourth-order valence-electron chi connectivity index (χ4n) is 1.99. The molecule has 0 amide bonds. The number of alkyl halides is 1. The first kappa shape index (κ1) is 9.33. The van der Waals surface area contributed by atoms with Gasteiger partial charge in [-0.15, -0.1) is 0 Å². The Bertz CT molecular complexity index is 547. The van der Waals surface area contributed by atoms with Crippen LogP contribution in [0.25, 0.3) is 16.5 Å². The number of nitrogens with zero attached hydrogens (tertiary/aromatic N) is 1. The molecule has 0 aliphatic heterocycles. The highest BCUT2D eigenvalue weighted by Crippen LogP contribution is 2.28. The zero-order valence-corrected chi connectivity index (χ0v) is 8.65. The van der Waals surface area contributed by atoms with Crippen LogP contribution < -0.4 is 0 Å². The van der Waals surface area contributed by atoms with Crippen LogP contribution in [0, 0.1) is 0 Å². The largest absolute Gasteiger partial charge is 0.355 e. The summed E-state index contributed by atoms with van der Waals surface area (Å²) in [5.74, 6) is 0. The molecule has 0 radical (unpaired) electrons. The van der Waals surface area contributed by atoms with Gasteiger partial charge in [-0.2, -0.15) is 0 Å². The smallest absolute Gasteiger partial charge is 0.131 e. The van der Waals surface area contributed by atoms with Gasteiger partial charge < -0.3 is 4.98 Å². The van der Waals surface area contributed by atoms with Crippen molar-refractivity contribution < 1.29 is 4.39 Å². The van der Waals surface area contributed by atoms with Gasteiger partial charge in [-0.05, 0) is 12.1 Å². The lowest BCUT2D eigenvalue weighted by Crippen LogP contribution is -2.05. The Morgan fingerprint density at radius 1 is 1.44 bits per heavy atom. The first-order valence-corrected chi connectivity index (χ1v) is 5.28. The summed E-state index contributed by atoms with van der Waals surface area (Å²) in [6.45, 7) is 0. The van der Waals surface area contributed by atoms with E-state index in [-0.39, 0.29) is 0 Å². The van der Waals surface area contributed by atoms with E-state index in [9.17, 15) is 4.39 Å². The molecule has 2 nitrogen and oxygen atoms in total. The van der Waals surface area contributed by atoms with Gasteiger partial charge >= 0.3 is 0 Å². The summed E-state index contributed by atoms with van der Waals surface area (Å²) in [5.41, 5.74) is 2.56. The van der Waals surface area contributed by atoms with Crippen molar-refractivity contribution in [3.8, 4) is 0 Å². The second-order valence-corrected chi connectivity index (χ2v) is 3.90. The molecule has 1 aliphatic carbocycles. The first-order valence-electron chi connectivity index (χ1n) is 5.28. The summed E-state index contributed by atoms with van der Waals surface area (Å²) in [7, 11) is 0. The summed E-state index contributed by atoms with van der Waals surface area (Å²) in [6.07, 6.45) is 8.62. The summed E-state index contributed by atoms with van der Waals surface area (Å²) in [5, 5.41) is 1.01. The molecule has 0 spiro atoms. The van der Waals surface area contributed by atoms with Crippen molar-refractivity contribution in [2.24, 2.45) is 0 Å². The minimum Gasteiger partial charge on any atom is -0.355 e. The number of nitrogens with one attached hydrogen (secondary N) is 1. The summed E-state index contributed by atoms with van der Waals surface area (Å²) >= 11 is 0. The maximum atomic E-state index is 13.7. The highest BCUT2D eigenvalue weighted by Gasteiger charge is 2.17. The van der Waals surface area contributed by atoms with Crippen molar-refractivity contribution in [3.05, 3.63) is 48.4 Å². The molecular weight excluding hydrogens is 203 g/mol. The molecule has 80 valence electrons. The van der Waals surface area contributed by atoms with Gasteiger partial charge in [-0.25, -0.2) is 4.39 Å². The molecule has 0 fully saturated rings. The van der Waals surface area contributed by atoms with Crippen molar-refractivity contribution in [3.63, 3.8) is 0 Å². The van der Waals surface area contributed by atoms with E-state index in [0.29, 0.717) is 6.42 Å². The number of fused-ring (bicyclic) bond motifs is 1. The maximum Gasteiger partial charge on any atom is 0.131 e. The number of hydrogen-bond acceptors (Lipinski definition) is 1. The Morgan fingerprint density at radius 3 is 3.19 bits per heavy atom. The highest BCUT2D eigenvalue weighted by molar-refractivity contribution is 5.85. The molecule has 2 heterocycles. The second-order valence-electron chi connectivity index (χ2n) is 3.90. The van der Waals surface area contributed by atoms with E-state index in [2.05, 4.69) is 9.97 Å². The number of pyridine rings is 1. The van der Waals surface area contributed by atoms with Gasteiger partial charge in [-0.3, -0.25) is 4.98 Å². The predicted molar refractivity (Wildman–Crippen MR) is 62.7 cm³/mol. The van der Waals surface area contributed by atoms with Gasteiger partial charge in [0.05, 0.1) is 0 Å². The van der Waals surface area contributed by atoms with Crippen LogP contribution in [0.2, 0.25) is 0 Å². The van der Waals surface area contributed by atoms with E-state index in [1.54, 1.807) is 12.4 Å². The topological polar surface area (TPSA) is 28.7 Å². The lowest BCUT2D eigenvalue weighted by atomic mass is 10.0. The van der Waals surface area contributed by atoms with Crippen LogP contribution >= 0.6 is 0 Å². The van der Waals surface area contributed by atoms with E-state index in [1.165, 1.54) is 0 Å². The molecule has 0 saturated heterocycles. The SMILES string of the molecule is FC1CC=CC=C1c1cc2cnccc2[nH]1. The molecule has 0 bridgehead atoms. The molecule has 3 rings (SSSR count). The molecule has 2 aromatic heterocycles. The molecule has 2 aromatic rings. The predicted octanol–water partition coefficient (Wildman–Crippen LogP) is 3.24. The summed E-state index contributed by atoms with van der Waals surface area (Å²) in [6, 6.07) is 3.84. The van der Waals surface area contributed by atoms with Crippen LogP contribution in [0.15, 0.2) is 42.8 Å². The number of H-pyrrole nitrogens is 1. The van der Waals surface area contributed by atoms with Gasteiger partial charge in [0.2, 0.25) is 0 Å². The minimum atomic E-state index is -0.911. The molecule has 0 aromatic carbocycles. The summed E-state index contributed by atoms with van der Waals surface area (Å²) in [4.78, 5) is 7.26. The Labute approximate surface area is 92.5 Å². The first-order chi connectivity index (χ1) is 7.84. The molecule has 1 aliphatic rings. The Morgan fingerprint density at radius 2 is 2.38 bits per heavy atom. The third-order valence-corrected chi connectivity index (χ3v) is 2.82. The van der Waals surface area contributed by atoms with Gasteiger partial charge in [0.25, 0.3) is 0 Å². The van der Waals surface area contributed by atoms with E-state index in [1.807, 2.05) is 30.4 Å². The number of hydrogen-bond donors (Lipinski definition) is 1. The Balaban J connectivity index is 2.12. The highest BCUT2D eigenvalue weighted by atomic mass is 19.1. The van der Waals surface area contributed by atoms with Gasteiger partial charge in [-0.1, -0.05) is 18.2 Å². The molecule has 3 heteroatoms. The molecule has 16 heavy (non-hydrogen) atoms. The standard InChI is InChI=1S/C13H11FN2/c14-11-4-2-1-3-10(11)13-7-9-8-15-6-5-12(9)16-13/h1-3,5-8,11,16H,4H2. The molecule has 1 unspecified atom stereocenters. The summed E-state index contributed by atoms with van der Waals surface area (Å²) < 4.78 is 13.7. The maximum absolute atomic E-state index is 13.7. The van der Waals surface area contributed by atoms with Crippen LogP contribution in [-0.2, 0) is 0 Å². The van der Waals surface area contributed by atoms with Gasteiger partial charge in [0.15, 0.2) is 0 Å². The number of rotatable bonds is 1. The number of allylic oxidation sites excluding steroid dienone is 4. The number of halogens is 1. The van der Waals surface area contributed by atoms with Crippen LogP contribution in [0.1, 0.15) is 12.1 Å². The van der Waals surface area contributed by atoms with Crippen LogP contribution in [-0.4, -0.2) is 16.1 Å². The van der Waals surface area contributed by atoms with E-state index < -0.39 is 6.17 Å². The number of aromatic nitrogens is 2. The third kappa shape index (κ3) is 1.45. The normalized spacial score (nSPS) is 20.1. The Hall–Kier alpha value is -1.90. The fourth-order valence-corrected chi connectivity index (χ4v) is 1.99. The zero-order chi connectivity index (χ0) is 11.0. The van der Waals surface area contributed by atoms with Gasteiger partial charge in [0.1, 0.15) is 6.17 Å². The zero-order valence-electron chi connectivity index (χ0n) is 8.65. The molecule has 1 atom stereocenters. The van der Waals surface area contributed by atoms with Crippen molar-refractivity contribution >= 4 is 16.5 Å². The van der Waals surface area contributed by atoms with Crippen LogP contribution in [0.4, 0.5) is 4.39 Å². The molecule has 1 N–H and O–H groups in total. The fraction of sp³-hybridized carbons (Fsp3) is 0.154. The molecular formula is C13H11FN2. The minimum absolute atomic E-state index is 0.458. The lowest BCUT2D eigenvalue weighted by molar-refractivity contribution is 0.413. The van der Waals surface area contributed by atoms with Gasteiger partial charge in [0, 0.05) is 41.0 Å². The van der Waals surface area contributed by atoms with Crippen molar-refractivity contribution in [2.45, 2.75) is 12.6 Å². The van der Waals surface area contributed by atoms with Crippen molar-refractivity contribution in [1.29, 1.82) is 0 Å². The van der Waals surface area contributed by atoms with E-state index in [4.69, 9.17) is 0 Å². The monoisotopic (exact) mass is 214 g/mol. The average Bonchev–Trinajstić information content (AvgIpc) is 2.73.